The van der Waals surface area contributed by atoms with E-state index in [2.05, 4.69) is 15.4 Å². The van der Waals surface area contributed by atoms with Crippen LogP contribution >= 0.6 is 0 Å². The van der Waals surface area contributed by atoms with Crippen LogP contribution < -0.4 is 11.1 Å². The van der Waals surface area contributed by atoms with Gasteiger partial charge < -0.3 is 15.6 Å². The Balaban J connectivity index is 1.61. The normalized spacial score (nSPS) is 15.8. The van der Waals surface area contributed by atoms with E-state index < -0.39 is 0 Å². The van der Waals surface area contributed by atoms with E-state index in [1.54, 1.807) is 30.0 Å². The molecule has 0 amide bonds. The highest BCUT2D eigenvalue weighted by Gasteiger charge is 2.17. The molecule has 3 aromatic rings. The summed E-state index contributed by atoms with van der Waals surface area (Å²) < 4.78 is 3.81. The summed E-state index contributed by atoms with van der Waals surface area (Å²) in [6, 6.07) is 5.80. The number of aliphatic imine (C=N–C) groups is 1. The minimum atomic E-state index is -0.0887. The molecule has 0 aliphatic heterocycles. The number of anilines is 1. The van der Waals surface area contributed by atoms with Crippen molar-refractivity contribution in [2.24, 2.45) is 10.7 Å². The topological polar surface area (TPSA) is 103 Å². The molecule has 0 saturated carbocycles. The highest BCUT2D eigenvalue weighted by atomic mass is 16.1. The Hall–Kier alpha value is -3.68. The first-order valence-electron chi connectivity index (χ1n) is 9.07. The van der Waals surface area contributed by atoms with Crippen molar-refractivity contribution in [2.75, 3.05) is 11.9 Å². The molecule has 0 unspecified atom stereocenters. The summed E-state index contributed by atoms with van der Waals surface area (Å²) in [5.41, 5.74) is 9.13. The molecule has 142 valence electrons. The molecule has 3 heterocycles. The zero-order valence-corrected chi connectivity index (χ0v) is 15.5. The maximum atomic E-state index is 11.8. The van der Waals surface area contributed by atoms with Gasteiger partial charge in [-0.05, 0) is 37.1 Å². The second-order valence-electron chi connectivity index (χ2n) is 6.60. The van der Waals surface area contributed by atoms with Gasteiger partial charge in [-0.2, -0.15) is 0 Å². The maximum absolute atomic E-state index is 11.8. The van der Waals surface area contributed by atoms with E-state index in [1.807, 2.05) is 35.2 Å². The lowest BCUT2D eigenvalue weighted by Crippen LogP contribution is -2.17. The van der Waals surface area contributed by atoms with E-state index in [0.29, 0.717) is 28.5 Å². The molecular weight excluding hydrogens is 354 g/mol. The third kappa shape index (κ3) is 3.57. The Morgan fingerprint density at radius 1 is 1.25 bits per heavy atom. The van der Waals surface area contributed by atoms with E-state index in [4.69, 9.17) is 10.7 Å². The lowest BCUT2D eigenvalue weighted by Gasteiger charge is -2.10. The molecule has 4 rings (SSSR count). The molecule has 3 N–H and O–H groups in total. The fourth-order valence-corrected chi connectivity index (χ4v) is 3.01. The van der Waals surface area contributed by atoms with Gasteiger partial charge in [0, 0.05) is 37.8 Å². The molecule has 0 atom stereocenters. The summed E-state index contributed by atoms with van der Waals surface area (Å²) in [4.78, 5) is 20.6. The Bertz CT molecular complexity index is 1100. The van der Waals surface area contributed by atoms with Gasteiger partial charge in [-0.15, -0.1) is 5.10 Å². The number of aromatic nitrogens is 4. The highest BCUT2D eigenvalue weighted by Crippen LogP contribution is 2.31. The van der Waals surface area contributed by atoms with Gasteiger partial charge >= 0.3 is 0 Å². The first-order chi connectivity index (χ1) is 13.6. The number of carbonyl (C=O) groups is 1. The molecule has 0 bridgehead atoms. The number of nitrogens with two attached hydrogens (primary N) is 1. The summed E-state index contributed by atoms with van der Waals surface area (Å²) in [5.74, 6) is 0.592. The lowest BCUT2D eigenvalue weighted by atomic mass is 10.0. The van der Waals surface area contributed by atoms with Crippen molar-refractivity contribution in [3.63, 3.8) is 0 Å². The Kier molecular flexibility index (Phi) is 4.76. The van der Waals surface area contributed by atoms with Crippen molar-refractivity contribution < 1.29 is 4.79 Å². The van der Waals surface area contributed by atoms with Gasteiger partial charge in [0.05, 0.1) is 23.3 Å². The van der Waals surface area contributed by atoms with Crippen molar-refractivity contribution in [1.82, 2.24) is 19.2 Å². The number of hydrogen-bond acceptors (Lipinski definition) is 6. The molecule has 3 aromatic heterocycles. The summed E-state index contributed by atoms with van der Waals surface area (Å²) in [7, 11) is 0. The number of nitrogens with zero attached hydrogens (tertiary/aromatic N) is 5. The molecule has 0 saturated heterocycles. The van der Waals surface area contributed by atoms with Crippen LogP contribution in [0.25, 0.3) is 5.52 Å². The zero-order chi connectivity index (χ0) is 19.5. The van der Waals surface area contributed by atoms with E-state index in [0.717, 1.165) is 25.0 Å². The molecule has 0 fully saturated rings. The summed E-state index contributed by atoms with van der Waals surface area (Å²) in [6.07, 6.45) is 11.4. The van der Waals surface area contributed by atoms with Gasteiger partial charge in [0.2, 0.25) is 0 Å². The molecule has 28 heavy (non-hydrogen) atoms. The van der Waals surface area contributed by atoms with E-state index in [-0.39, 0.29) is 5.78 Å². The molecule has 8 heteroatoms. The van der Waals surface area contributed by atoms with Crippen LogP contribution in [0.1, 0.15) is 13.3 Å². The number of allylic oxidation sites excluding steroid dienone is 3. The number of carbonyl (C=O) groups excluding carboxylic acids is 1. The first-order valence-corrected chi connectivity index (χ1v) is 9.07. The standard InChI is InChI=1S/C20H21N7O/c1-14-11-16(15(21)12-18(14)28)24-19-17-5-2-3-9-27(17)25-20(19)23-6-4-8-26-10-7-22-13-26/h2-3,5,7,9-13H,4,6,8,21H2,1H3,(H,23,25)/b24-16+. The highest BCUT2D eigenvalue weighted by molar-refractivity contribution is 6.22. The third-order valence-corrected chi connectivity index (χ3v) is 4.52. The summed E-state index contributed by atoms with van der Waals surface area (Å²) in [6.45, 7) is 3.36. The molecule has 0 radical (unpaired) electrons. The molecule has 0 aromatic carbocycles. The average molecular weight is 375 g/mol. The smallest absolute Gasteiger partial charge is 0.183 e. The van der Waals surface area contributed by atoms with Crippen LogP contribution in [0.5, 0.6) is 0 Å². The SMILES string of the molecule is CC1=C/C(=N\c2c(NCCCn3ccnc3)nn3ccccc23)C(N)=CC1=O. The van der Waals surface area contributed by atoms with Crippen LogP contribution in [0.15, 0.2) is 71.5 Å². The van der Waals surface area contributed by atoms with Crippen LogP contribution in [0.2, 0.25) is 0 Å². The van der Waals surface area contributed by atoms with Crippen LogP contribution in [0, 0.1) is 0 Å². The van der Waals surface area contributed by atoms with E-state index >= 15 is 0 Å². The van der Waals surface area contributed by atoms with Gasteiger partial charge in [-0.25, -0.2) is 14.5 Å². The van der Waals surface area contributed by atoms with Gasteiger partial charge in [0.1, 0.15) is 5.69 Å². The third-order valence-electron chi connectivity index (χ3n) is 4.52. The van der Waals surface area contributed by atoms with E-state index in [9.17, 15) is 4.79 Å². The number of ketones is 1. The molecule has 1 aliphatic rings. The number of nitrogens with one attached hydrogen (secondary N) is 1. The number of rotatable bonds is 6. The minimum Gasteiger partial charge on any atom is -0.397 e. The van der Waals surface area contributed by atoms with Crippen LogP contribution in [-0.2, 0) is 11.3 Å². The van der Waals surface area contributed by atoms with Crippen molar-refractivity contribution in [1.29, 1.82) is 0 Å². The largest absolute Gasteiger partial charge is 0.397 e. The van der Waals surface area contributed by atoms with Crippen LogP contribution in [0.3, 0.4) is 0 Å². The number of pyridine rings is 1. The fourth-order valence-electron chi connectivity index (χ4n) is 3.01. The number of aryl methyl sites for hydroxylation is 1. The summed E-state index contributed by atoms with van der Waals surface area (Å²) >= 11 is 0. The Morgan fingerprint density at radius 2 is 2.14 bits per heavy atom. The molecule has 8 nitrogen and oxygen atoms in total. The zero-order valence-electron chi connectivity index (χ0n) is 15.5. The fraction of sp³-hybridized carbons (Fsp3) is 0.200. The number of imidazole rings is 1. The Morgan fingerprint density at radius 3 is 2.96 bits per heavy atom. The summed E-state index contributed by atoms with van der Waals surface area (Å²) in [5, 5.41) is 7.97. The number of fused-ring (bicyclic) bond motifs is 1. The van der Waals surface area contributed by atoms with Crippen molar-refractivity contribution in [2.45, 2.75) is 19.9 Å². The van der Waals surface area contributed by atoms with Gasteiger partial charge in [-0.3, -0.25) is 4.79 Å². The van der Waals surface area contributed by atoms with Crippen LogP contribution in [0.4, 0.5) is 11.5 Å². The molecule has 0 spiro atoms. The quantitative estimate of drug-likeness (QED) is 0.509. The maximum Gasteiger partial charge on any atom is 0.183 e. The van der Waals surface area contributed by atoms with Crippen molar-refractivity contribution in [3.8, 4) is 0 Å². The average Bonchev–Trinajstić information content (AvgIpc) is 3.31. The van der Waals surface area contributed by atoms with Gasteiger partial charge in [0.25, 0.3) is 0 Å². The number of hydrogen-bond donors (Lipinski definition) is 2. The van der Waals surface area contributed by atoms with Gasteiger partial charge in [0.15, 0.2) is 11.6 Å². The first kappa shape index (κ1) is 17.7. The Labute approximate surface area is 162 Å². The second kappa shape index (κ2) is 7.51. The molecule has 1 aliphatic carbocycles. The minimum absolute atomic E-state index is 0.0887. The van der Waals surface area contributed by atoms with Crippen molar-refractivity contribution in [3.05, 3.63) is 66.5 Å². The molecular formula is C20H21N7O. The van der Waals surface area contributed by atoms with Crippen LogP contribution in [-0.4, -0.2) is 37.2 Å². The monoisotopic (exact) mass is 375 g/mol. The predicted octanol–water partition coefficient (Wildman–Crippen LogP) is 2.48. The van der Waals surface area contributed by atoms with Gasteiger partial charge in [-0.1, -0.05) is 6.07 Å². The van der Waals surface area contributed by atoms with E-state index in [1.165, 1.54) is 6.08 Å². The predicted molar refractivity (Wildman–Crippen MR) is 109 cm³/mol. The second-order valence-corrected chi connectivity index (χ2v) is 6.60. The lowest BCUT2D eigenvalue weighted by molar-refractivity contribution is -0.111. The van der Waals surface area contributed by atoms with Crippen molar-refractivity contribution >= 4 is 28.5 Å².